The Balaban J connectivity index is 1.34. The largest absolute Gasteiger partial charge is 0.355 e. The van der Waals surface area contributed by atoms with Gasteiger partial charge in [0, 0.05) is 50.6 Å². The van der Waals surface area contributed by atoms with E-state index in [-0.39, 0.29) is 17.7 Å². The minimum absolute atomic E-state index is 0.139. The van der Waals surface area contributed by atoms with Crippen LogP contribution < -0.4 is 5.32 Å². The van der Waals surface area contributed by atoms with E-state index in [4.69, 9.17) is 0 Å². The maximum absolute atomic E-state index is 12.3. The van der Waals surface area contributed by atoms with Crippen LogP contribution in [-0.2, 0) is 4.79 Å². The van der Waals surface area contributed by atoms with Crippen molar-refractivity contribution in [1.82, 2.24) is 15.1 Å². The van der Waals surface area contributed by atoms with Gasteiger partial charge in [0.25, 0.3) is 5.91 Å². The molecule has 0 aromatic carbocycles. The van der Waals surface area contributed by atoms with Crippen molar-refractivity contribution in [2.75, 3.05) is 39.3 Å². The van der Waals surface area contributed by atoms with E-state index in [2.05, 4.69) is 10.2 Å². The molecule has 2 fully saturated rings. The number of piperazine rings is 1. The van der Waals surface area contributed by atoms with Crippen LogP contribution in [0.3, 0.4) is 0 Å². The molecule has 6 heteroatoms. The summed E-state index contributed by atoms with van der Waals surface area (Å²) in [7, 11) is 0. The highest BCUT2D eigenvalue weighted by Gasteiger charge is 2.24. The van der Waals surface area contributed by atoms with Crippen LogP contribution in [-0.4, -0.2) is 60.9 Å². The van der Waals surface area contributed by atoms with Crippen molar-refractivity contribution in [2.24, 2.45) is 5.92 Å². The van der Waals surface area contributed by atoms with Crippen LogP contribution in [0.4, 0.5) is 0 Å². The van der Waals surface area contributed by atoms with E-state index in [1.54, 1.807) is 11.3 Å². The first-order valence-electron chi connectivity index (χ1n) is 8.55. The molecule has 0 spiro atoms. The van der Waals surface area contributed by atoms with Gasteiger partial charge in [0.1, 0.15) is 0 Å². The van der Waals surface area contributed by atoms with Crippen molar-refractivity contribution in [3.8, 4) is 0 Å². The molecule has 1 aromatic heterocycles. The van der Waals surface area contributed by atoms with Crippen LogP contribution in [0.2, 0.25) is 0 Å². The second-order valence-electron chi connectivity index (χ2n) is 6.42. The van der Waals surface area contributed by atoms with E-state index in [0.29, 0.717) is 6.54 Å². The van der Waals surface area contributed by atoms with Gasteiger partial charge in [-0.2, -0.15) is 11.3 Å². The summed E-state index contributed by atoms with van der Waals surface area (Å²) in [5.41, 5.74) is 0.798. The van der Waals surface area contributed by atoms with Gasteiger partial charge >= 0.3 is 0 Å². The number of rotatable bonds is 5. The maximum Gasteiger partial charge on any atom is 0.254 e. The summed E-state index contributed by atoms with van der Waals surface area (Å²) in [6, 6.07) is 1.89. The molecule has 0 radical (unpaired) electrons. The number of hydrogen-bond donors (Lipinski definition) is 1. The number of carbonyl (C=O) groups excluding carboxylic acids is 2. The minimum atomic E-state index is 0.139. The third-order valence-electron chi connectivity index (χ3n) is 4.88. The lowest BCUT2D eigenvalue weighted by Gasteiger charge is -2.34. The standard InChI is InChI=1S/C17H25N3O2S/c21-16(14-3-1-2-4-14)18-6-7-19-8-10-20(11-9-19)17(22)15-5-12-23-13-15/h5,12-14H,1-4,6-11H2,(H,18,21). The van der Waals surface area contributed by atoms with Crippen LogP contribution in [0.25, 0.3) is 0 Å². The molecule has 0 atom stereocenters. The number of carbonyl (C=O) groups is 2. The molecule has 1 N–H and O–H groups in total. The molecule has 1 saturated carbocycles. The Labute approximate surface area is 141 Å². The number of nitrogens with one attached hydrogen (secondary N) is 1. The first kappa shape index (κ1) is 16.5. The molecule has 1 saturated heterocycles. The predicted octanol–water partition coefficient (Wildman–Crippen LogP) is 1.81. The van der Waals surface area contributed by atoms with Gasteiger partial charge in [-0.05, 0) is 24.3 Å². The predicted molar refractivity (Wildman–Crippen MR) is 91.6 cm³/mol. The summed E-state index contributed by atoms with van der Waals surface area (Å²) in [5.74, 6) is 0.615. The van der Waals surface area contributed by atoms with Crippen molar-refractivity contribution in [3.05, 3.63) is 22.4 Å². The zero-order chi connectivity index (χ0) is 16.1. The van der Waals surface area contributed by atoms with Gasteiger partial charge in [-0.1, -0.05) is 12.8 Å². The van der Waals surface area contributed by atoms with E-state index in [1.807, 2.05) is 21.7 Å². The van der Waals surface area contributed by atoms with E-state index in [1.165, 1.54) is 12.8 Å². The lowest BCUT2D eigenvalue weighted by atomic mass is 10.1. The van der Waals surface area contributed by atoms with E-state index in [0.717, 1.165) is 51.1 Å². The molecule has 2 aliphatic rings. The first-order valence-corrected chi connectivity index (χ1v) is 9.50. The molecule has 0 unspecified atom stereocenters. The van der Waals surface area contributed by atoms with Gasteiger partial charge in [0.05, 0.1) is 5.56 Å². The molecular weight excluding hydrogens is 310 g/mol. The van der Waals surface area contributed by atoms with Crippen molar-refractivity contribution in [1.29, 1.82) is 0 Å². The number of thiophene rings is 1. The quantitative estimate of drug-likeness (QED) is 0.893. The molecule has 126 valence electrons. The number of amides is 2. The van der Waals surface area contributed by atoms with Crippen molar-refractivity contribution < 1.29 is 9.59 Å². The highest BCUT2D eigenvalue weighted by Crippen LogP contribution is 2.24. The zero-order valence-electron chi connectivity index (χ0n) is 13.5. The lowest BCUT2D eigenvalue weighted by Crippen LogP contribution is -2.50. The van der Waals surface area contributed by atoms with E-state index in [9.17, 15) is 9.59 Å². The summed E-state index contributed by atoms with van der Waals surface area (Å²) in [6.45, 7) is 4.90. The van der Waals surface area contributed by atoms with E-state index < -0.39 is 0 Å². The second kappa shape index (κ2) is 7.93. The average molecular weight is 335 g/mol. The van der Waals surface area contributed by atoms with Crippen LogP contribution in [0.1, 0.15) is 36.0 Å². The summed E-state index contributed by atoms with van der Waals surface area (Å²) in [4.78, 5) is 28.5. The van der Waals surface area contributed by atoms with Gasteiger partial charge in [-0.25, -0.2) is 0 Å². The Hall–Kier alpha value is -1.40. The fourth-order valence-electron chi connectivity index (χ4n) is 3.41. The summed E-state index contributed by atoms with van der Waals surface area (Å²) < 4.78 is 0. The minimum Gasteiger partial charge on any atom is -0.355 e. The lowest BCUT2D eigenvalue weighted by molar-refractivity contribution is -0.124. The SMILES string of the molecule is O=C(NCCN1CCN(C(=O)c2ccsc2)CC1)C1CCCC1. The van der Waals surface area contributed by atoms with Crippen molar-refractivity contribution >= 4 is 23.2 Å². The monoisotopic (exact) mass is 335 g/mol. The summed E-state index contributed by atoms with van der Waals surface area (Å²) in [5, 5.41) is 6.92. The third-order valence-corrected chi connectivity index (χ3v) is 5.56. The van der Waals surface area contributed by atoms with Gasteiger partial charge in [-0.3, -0.25) is 14.5 Å². The summed E-state index contributed by atoms with van der Waals surface area (Å²) in [6.07, 6.45) is 4.49. The Morgan fingerprint density at radius 3 is 2.57 bits per heavy atom. The van der Waals surface area contributed by atoms with Crippen LogP contribution in [0, 0.1) is 5.92 Å². The Bertz CT molecular complexity index is 518. The summed E-state index contributed by atoms with van der Waals surface area (Å²) >= 11 is 1.56. The van der Waals surface area contributed by atoms with Gasteiger partial charge < -0.3 is 10.2 Å². The number of nitrogens with zero attached hydrogens (tertiary/aromatic N) is 2. The van der Waals surface area contributed by atoms with Crippen molar-refractivity contribution in [2.45, 2.75) is 25.7 Å². The smallest absolute Gasteiger partial charge is 0.254 e. The Morgan fingerprint density at radius 2 is 1.91 bits per heavy atom. The molecule has 2 amide bonds. The zero-order valence-corrected chi connectivity index (χ0v) is 14.3. The molecule has 1 aliphatic heterocycles. The Kier molecular flexibility index (Phi) is 5.67. The van der Waals surface area contributed by atoms with Gasteiger partial charge in [0.15, 0.2) is 0 Å². The second-order valence-corrected chi connectivity index (χ2v) is 7.20. The fourth-order valence-corrected chi connectivity index (χ4v) is 4.04. The van der Waals surface area contributed by atoms with E-state index >= 15 is 0 Å². The molecule has 1 aliphatic carbocycles. The molecule has 0 bridgehead atoms. The molecular formula is C17H25N3O2S. The molecule has 3 rings (SSSR count). The van der Waals surface area contributed by atoms with Crippen LogP contribution in [0.15, 0.2) is 16.8 Å². The van der Waals surface area contributed by atoms with Crippen LogP contribution in [0.5, 0.6) is 0 Å². The Morgan fingerprint density at radius 1 is 1.17 bits per heavy atom. The molecule has 2 heterocycles. The van der Waals surface area contributed by atoms with Crippen molar-refractivity contribution in [3.63, 3.8) is 0 Å². The molecule has 1 aromatic rings. The number of hydrogen-bond acceptors (Lipinski definition) is 4. The highest BCUT2D eigenvalue weighted by atomic mass is 32.1. The molecule has 23 heavy (non-hydrogen) atoms. The van der Waals surface area contributed by atoms with Crippen LogP contribution >= 0.6 is 11.3 Å². The third kappa shape index (κ3) is 4.32. The average Bonchev–Trinajstić information content (AvgIpc) is 3.28. The highest BCUT2D eigenvalue weighted by molar-refractivity contribution is 7.08. The van der Waals surface area contributed by atoms with Gasteiger partial charge in [-0.15, -0.1) is 0 Å². The van der Waals surface area contributed by atoms with Gasteiger partial charge in [0.2, 0.25) is 5.91 Å². The first-order chi connectivity index (χ1) is 11.2. The fraction of sp³-hybridized carbons (Fsp3) is 0.647. The topological polar surface area (TPSA) is 52.7 Å². The normalized spacial score (nSPS) is 19.9. The maximum atomic E-state index is 12.3. The molecule has 5 nitrogen and oxygen atoms in total.